The molecule has 0 spiro atoms. The van der Waals surface area contributed by atoms with E-state index in [1.807, 2.05) is 0 Å². The number of hydrogen-bond acceptors (Lipinski definition) is 0. The third kappa shape index (κ3) is 1.84. The summed E-state index contributed by atoms with van der Waals surface area (Å²) in [5, 5.41) is 3.16. The van der Waals surface area contributed by atoms with Gasteiger partial charge < -0.3 is 0 Å². The molecule has 2 heteroatoms. The van der Waals surface area contributed by atoms with Crippen molar-refractivity contribution in [1.82, 2.24) is 0 Å². The van der Waals surface area contributed by atoms with Crippen LogP contribution in [-0.4, -0.2) is 17.0 Å². The van der Waals surface area contributed by atoms with Crippen molar-refractivity contribution in [2.75, 3.05) is 0 Å². The molecule has 0 aliphatic carbocycles. The van der Waals surface area contributed by atoms with Gasteiger partial charge in [0.1, 0.15) is 0 Å². The molecule has 0 saturated carbocycles. The van der Waals surface area contributed by atoms with Crippen molar-refractivity contribution in [3.8, 4) is 0 Å². The number of benzene rings is 2. The lowest BCUT2D eigenvalue weighted by Crippen LogP contribution is -2.25. The summed E-state index contributed by atoms with van der Waals surface area (Å²) in [5.41, 5.74) is 2.41. The average Bonchev–Trinajstić information content (AvgIpc) is 3.27. The van der Waals surface area contributed by atoms with Crippen molar-refractivity contribution in [3.63, 3.8) is 0 Å². The molecule has 3 heterocycles. The van der Waals surface area contributed by atoms with Gasteiger partial charge in [-0.1, -0.05) is 92.6 Å². The standard InChI is InChI=1S/C20H18P2/c1-3-7-15(8-4-1)21-14-13-17-18-11-12-19(20(17)21)22(18)16-9-5-2-6-10-16/h1-14,17-20H/t17-,18+,19-,20-,21?,22+/m0/s1. The molecule has 1 unspecified atom stereocenters. The van der Waals surface area contributed by atoms with Crippen molar-refractivity contribution in [1.29, 1.82) is 0 Å². The van der Waals surface area contributed by atoms with Crippen molar-refractivity contribution in [3.05, 3.63) is 84.7 Å². The van der Waals surface area contributed by atoms with Crippen LogP contribution in [0.1, 0.15) is 0 Å². The zero-order valence-corrected chi connectivity index (χ0v) is 14.1. The predicted molar refractivity (Wildman–Crippen MR) is 99.1 cm³/mol. The lowest BCUT2D eigenvalue weighted by atomic mass is 9.94. The summed E-state index contributed by atoms with van der Waals surface area (Å²) in [4.78, 5) is 0. The Morgan fingerprint density at radius 1 is 0.636 bits per heavy atom. The van der Waals surface area contributed by atoms with Gasteiger partial charge in [-0.05, 0) is 24.4 Å². The second kappa shape index (κ2) is 5.16. The number of hydrogen-bond donors (Lipinski definition) is 0. The highest BCUT2D eigenvalue weighted by molar-refractivity contribution is 7.74. The largest absolute Gasteiger partial charge is 0.0795 e. The van der Waals surface area contributed by atoms with Crippen LogP contribution in [0, 0.1) is 5.92 Å². The molecule has 0 nitrogen and oxygen atoms in total. The monoisotopic (exact) mass is 320 g/mol. The van der Waals surface area contributed by atoms with Crippen LogP contribution in [0.5, 0.6) is 0 Å². The molecule has 6 atom stereocenters. The molecule has 1 saturated heterocycles. The minimum atomic E-state index is -0.128. The lowest BCUT2D eigenvalue weighted by Gasteiger charge is -2.27. The zero-order valence-electron chi connectivity index (χ0n) is 12.3. The predicted octanol–water partition coefficient (Wildman–Crippen LogP) is 4.43. The first-order valence-electron chi connectivity index (χ1n) is 7.97. The summed E-state index contributed by atoms with van der Waals surface area (Å²) in [6.45, 7) is 0. The summed E-state index contributed by atoms with van der Waals surface area (Å²) < 4.78 is 0. The molecule has 2 aromatic rings. The Morgan fingerprint density at radius 2 is 1.27 bits per heavy atom. The van der Waals surface area contributed by atoms with Gasteiger partial charge in [0.15, 0.2) is 0 Å². The van der Waals surface area contributed by atoms with Crippen LogP contribution >= 0.6 is 15.8 Å². The first-order valence-corrected chi connectivity index (χ1v) is 10.9. The number of fused-ring (bicyclic) bond motifs is 5. The highest BCUT2D eigenvalue weighted by Crippen LogP contribution is 2.72. The van der Waals surface area contributed by atoms with Crippen LogP contribution in [-0.2, 0) is 0 Å². The molecule has 3 aliphatic heterocycles. The van der Waals surface area contributed by atoms with E-state index in [2.05, 4.69) is 84.7 Å². The minimum Gasteiger partial charge on any atom is -0.0795 e. The van der Waals surface area contributed by atoms with Crippen LogP contribution < -0.4 is 10.6 Å². The smallest absolute Gasteiger partial charge is 0.00957 e. The molecule has 22 heavy (non-hydrogen) atoms. The quantitative estimate of drug-likeness (QED) is 0.567. The van der Waals surface area contributed by atoms with E-state index in [4.69, 9.17) is 0 Å². The second-order valence-corrected chi connectivity index (χ2v) is 11.0. The molecule has 2 aromatic carbocycles. The van der Waals surface area contributed by atoms with E-state index >= 15 is 0 Å². The van der Waals surface area contributed by atoms with Crippen LogP contribution in [0.15, 0.2) is 84.7 Å². The molecule has 2 bridgehead atoms. The van der Waals surface area contributed by atoms with Gasteiger partial charge in [0.05, 0.1) is 0 Å². The third-order valence-corrected chi connectivity index (χ3v) is 11.3. The molecule has 0 radical (unpaired) electrons. The number of rotatable bonds is 2. The van der Waals surface area contributed by atoms with Crippen LogP contribution in [0.4, 0.5) is 0 Å². The van der Waals surface area contributed by atoms with E-state index in [1.165, 1.54) is 0 Å². The first kappa shape index (κ1) is 13.2. The van der Waals surface area contributed by atoms with Crippen LogP contribution in [0.25, 0.3) is 0 Å². The van der Waals surface area contributed by atoms with Gasteiger partial charge >= 0.3 is 0 Å². The Bertz CT molecular complexity index is 735. The molecule has 3 aliphatic rings. The van der Waals surface area contributed by atoms with E-state index in [1.54, 1.807) is 10.6 Å². The summed E-state index contributed by atoms with van der Waals surface area (Å²) >= 11 is 0. The fourth-order valence-electron chi connectivity index (χ4n) is 4.31. The van der Waals surface area contributed by atoms with Gasteiger partial charge in [-0.2, -0.15) is 0 Å². The molecule has 0 aromatic heterocycles. The van der Waals surface area contributed by atoms with E-state index in [-0.39, 0.29) is 15.8 Å². The van der Waals surface area contributed by atoms with E-state index in [9.17, 15) is 0 Å². The zero-order chi connectivity index (χ0) is 14.5. The Kier molecular flexibility index (Phi) is 3.10. The molecule has 108 valence electrons. The van der Waals surface area contributed by atoms with Gasteiger partial charge in [-0.25, -0.2) is 0 Å². The first-order chi connectivity index (χ1) is 10.9. The van der Waals surface area contributed by atoms with Gasteiger partial charge in [-0.3, -0.25) is 0 Å². The minimum absolute atomic E-state index is 0.0479. The molecule has 1 fully saturated rings. The average molecular weight is 320 g/mol. The molecule has 0 N–H and O–H groups in total. The topological polar surface area (TPSA) is 0 Å². The summed E-state index contributed by atoms with van der Waals surface area (Å²) in [7, 11) is -0.176. The SMILES string of the molecule is C1=CP(c2ccccc2)[C@H]2[C@@H]1[C@H]1C=C[C@@H]2[P@]1c1ccccc1. The van der Waals surface area contributed by atoms with Crippen molar-refractivity contribution in [2.24, 2.45) is 5.92 Å². The van der Waals surface area contributed by atoms with Crippen LogP contribution in [0.2, 0.25) is 0 Å². The maximum atomic E-state index is 2.55. The third-order valence-electron chi connectivity index (χ3n) is 5.19. The summed E-state index contributed by atoms with van der Waals surface area (Å²) in [5.74, 6) is 3.33. The van der Waals surface area contributed by atoms with Gasteiger partial charge in [-0.15, -0.1) is 0 Å². The summed E-state index contributed by atoms with van der Waals surface area (Å²) in [6, 6.07) is 22.5. The van der Waals surface area contributed by atoms with Gasteiger partial charge in [0, 0.05) is 17.0 Å². The Labute approximate surface area is 134 Å². The highest BCUT2D eigenvalue weighted by atomic mass is 31.1. The van der Waals surface area contributed by atoms with Crippen molar-refractivity contribution in [2.45, 2.75) is 17.0 Å². The fraction of sp³-hybridized carbons (Fsp3) is 0.200. The van der Waals surface area contributed by atoms with E-state index in [0.717, 1.165) is 22.9 Å². The maximum absolute atomic E-state index is 2.55. The van der Waals surface area contributed by atoms with E-state index in [0.29, 0.717) is 0 Å². The van der Waals surface area contributed by atoms with Crippen LogP contribution in [0.3, 0.4) is 0 Å². The van der Waals surface area contributed by atoms with Gasteiger partial charge in [0.25, 0.3) is 0 Å². The molecule has 5 rings (SSSR count). The molecular weight excluding hydrogens is 302 g/mol. The normalized spacial score (nSPS) is 37.6. The molecular formula is C20H18P2. The Balaban J connectivity index is 1.53. The number of allylic oxidation sites excluding steroid dienone is 3. The van der Waals surface area contributed by atoms with Gasteiger partial charge in [0.2, 0.25) is 0 Å². The fourth-order valence-corrected chi connectivity index (χ4v) is 11.4. The Morgan fingerprint density at radius 3 is 2.00 bits per heavy atom. The lowest BCUT2D eigenvalue weighted by molar-refractivity contribution is 0.665. The van der Waals surface area contributed by atoms with E-state index < -0.39 is 0 Å². The van der Waals surface area contributed by atoms with Crippen molar-refractivity contribution >= 4 is 26.5 Å². The second-order valence-electron chi connectivity index (χ2n) is 6.26. The highest BCUT2D eigenvalue weighted by Gasteiger charge is 2.55. The molecule has 0 amide bonds. The maximum Gasteiger partial charge on any atom is 0.00957 e. The van der Waals surface area contributed by atoms with Crippen molar-refractivity contribution < 1.29 is 0 Å². The Hall–Kier alpha value is -1.22. The summed E-state index contributed by atoms with van der Waals surface area (Å²) in [6.07, 6.45) is 7.63.